The molecule has 0 bridgehead atoms. The molecule has 0 unspecified atom stereocenters. The molecule has 0 fully saturated rings. The highest BCUT2D eigenvalue weighted by molar-refractivity contribution is 5.63. The van der Waals surface area contributed by atoms with Gasteiger partial charge in [-0.15, -0.1) is 0 Å². The molecule has 0 aliphatic rings. The zero-order chi connectivity index (χ0) is 13.8. The highest BCUT2D eigenvalue weighted by atomic mass is 19.1. The van der Waals surface area contributed by atoms with E-state index in [-0.39, 0.29) is 11.9 Å². The Labute approximate surface area is 111 Å². The van der Waals surface area contributed by atoms with Crippen molar-refractivity contribution in [3.05, 3.63) is 53.9 Å². The van der Waals surface area contributed by atoms with Crippen LogP contribution in [-0.2, 0) is 6.54 Å². The number of hydrogen-bond donors (Lipinski definition) is 1. The molecule has 2 aromatic rings. The Bertz CT molecular complexity index is 568. The van der Waals surface area contributed by atoms with Crippen LogP contribution in [0.3, 0.4) is 0 Å². The van der Waals surface area contributed by atoms with Gasteiger partial charge in [-0.05, 0) is 23.8 Å². The number of pyridine rings is 1. The van der Waals surface area contributed by atoms with Crippen LogP contribution in [0.2, 0.25) is 0 Å². The lowest BCUT2D eigenvalue weighted by molar-refractivity contribution is 0.553. The Hall–Kier alpha value is -1.81. The number of rotatable bonds is 4. The molecule has 0 aliphatic heterocycles. The van der Waals surface area contributed by atoms with E-state index in [0.29, 0.717) is 17.7 Å². The minimum atomic E-state index is -0.399. The first kappa shape index (κ1) is 13.6. The molecular formula is C15H16F2N2. The minimum Gasteiger partial charge on any atom is -0.310 e. The van der Waals surface area contributed by atoms with Crippen molar-refractivity contribution in [1.82, 2.24) is 10.3 Å². The van der Waals surface area contributed by atoms with Crippen LogP contribution in [0.15, 0.2) is 36.7 Å². The fraction of sp³-hybridized carbons (Fsp3) is 0.267. The van der Waals surface area contributed by atoms with Gasteiger partial charge in [-0.1, -0.05) is 19.9 Å². The van der Waals surface area contributed by atoms with Gasteiger partial charge in [0.05, 0.1) is 6.20 Å². The number of nitrogens with zero attached hydrogens (tertiary/aromatic N) is 1. The molecule has 0 saturated carbocycles. The molecule has 0 atom stereocenters. The molecule has 0 spiro atoms. The van der Waals surface area contributed by atoms with Crippen LogP contribution >= 0.6 is 0 Å². The fourth-order valence-electron chi connectivity index (χ4n) is 1.77. The van der Waals surface area contributed by atoms with Crippen molar-refractivity contribution >= 4 is 0 Å². The number of aromatic nitrogens is 1. The summed E-state index contributed by atoms with van der Waals surface area (Å²) in [5, 5.41) is 3.16. The first-order valence-electron chi connectivity index (χ1n) is 6.19. The molecule has 1 N–H and O–H groups in total. The SMILES string of the molecule is CC(C)NCc1cc(-c2cncc(F)c2)ccc1F. The van der Waals surface area contributed by atoms with E-state index in [1.54, 1.807) is 18.3 Å². The summed E-state index contributed by atoms with van der Waals surface area (Å²) in [6.45, 7) is 4.44. The molecule has 1 heterocycles. The average Bonchev–Trinajstić information content (AvgIpc) is 2.37. The summed E-state index contributed by atoms with van der Waals surface area (Å²) in [5.74, 6) is -0.662. The third-order valence-electron chi connectivity index (χ3n) is 2.78. The lowest BCUT2D eigenvalue weighted by Gasteiger charge is -2.10. The molecule has 19 heavy (non-hydrogen) atoms. The van der Waals surface area contributed by atoms with Crippen LogP contribution in [0, 0.1) is 11.6 Å². The molecule has 1 aromatic heterocycles. The molecule has 0 aliphatic carbocycles. The summed E-state index contributed by atoms with van der Waals surface area (Å²) in [4.78, 5) is 3.80. The van der Waals surface area contributed by atoms with Gasteiger partial charge in [-0.3, -0.25) is 4.98 Å². The van der Waals surface area contributed by atoms with Crippen molar-refractivity contribution in [2.24, 2.45) is 0 Å². The van der Waals surface area contributed by atoms with E-state index in [9.17, 15) is 8.78 Å². The van der Waals surface area contributed by atoms with Crippen LogP contribution < -0.4 is 5.32 Å². The maximum Gasteiger partial charge on any atom is 0.142 e. The summed E-state index contributed by atoms with van der Waals surface area (Å²) in [7, 11) is 0. The zero-order valence-corrected chi connectivity index (χ0v) is 11.0. The standard InChI is InChI=1S/C15H16F2N2/c1-10(2)19-8-13-5-11(3-4-15(13)17)12-6-14(16)9-18-7-12/h3-7,9-10,19H,8H2,1-2H3. The smallest absolute Gasteiger partial charge is 0.142 e. The molecule has 0 saturated heterocycles. The zero-order valence-electron chi connectivity index (χ0n) is 11.0. The minimum absolute atomic E-state index is 0.263. The topological polar surface area (TPSA) is 24.9 Å². The summed E-state index contributed by atoms with van der Waals surface area (Å²) in [6.07, 6.45) is 2.71. The van der Waals surface area contributed by atoms with E-state index in [0.717, 1.165) is 11.8 Å². The first-order valence-corrected chi connectivity index (χ1v) is 6.19. The molecule has 4 heteroatoms. The number of nitrogens with one attached hydrogen (secondary N) is 1. The van der Waals surface area contributed by atoms with Crippen molar-refractivity contribution < 1.29 is 8.78 Å². The fourth-order valence-corrected chi connectivity index (χ4v) is 1.77. The highest BCUT2D eigenvalue weighted by Gasteiger charge is 2.07. The monoisotopic (exact) mass is 262 g/mol. The predicted molar refractivity (Wildman–Crippen MR) is 71.6 cm³/mol. The second-order valence-corrected chi connectivity index (χ2v) is 4.73. The number of halogens is 2. The third-order valence-corrected chi connectivity index (χ3v) is 2.78. The van der Waals surface area contributed by atoms with Crippen LogP contribution in [0.25, 0.3) is 11.1 Å². The van der Waals surface area contributed by atoms with Gasteiger partial charge in [0.1, 0.15) is 11.6 Å². The molecule has 2 nitrogen and oxygen atoms in total. The Morgan fingerprint density at radius 1 is 1.11 bits per heavy atom. The number of hydrogen-bond acceptors (Lipinski definition) is 2. The largest absolute Gasteiger partial charge is 0.310 e. The maximum absolute atomic E-state index is 13.7. The van der Waals surface area contributed by atoms with E-state index in [1.165, 1.54) is 12.1 Å². The second-order valence-electron chi connectivity index (χ2n) is 4.73. The van der Waals surface area contributed by atoms with Gasteiger partial charge >= 0.3 is 0 Å². The molecule has 1 aromatic carbocycles. The van der Waals surface area contributed by atoms with Gasteiger partial charge in [0.2, 0.25) is 0 Å². The molecule has 100 valence electrons. The van der Waals surface area contributed by atoms with Crippen molar-refractivity contribution in [3.63, 3.8) is 0 Å². The summed E-state index contributed by atoms with van der Waals surface area (Å²) in [6, 6.07) is 6.42. The predicted octanol–water partition coefficient (Wildman–Crippen LogP) is 3.52. The Morgan fingerprint density at radius 3 is 2.58 bits per heavy atom. The lowest BCUT2D eigenvalue weighted by atomic mass is 10.0. The van der Waals surface area contributed by atoms with Crippen molar-refractivity contribution in [1.29, 1.82) is 0 Å². The van der Waals surface area contributed by atoms with E-state index in [2.05, 4.69) is 10.3 Å². The summed E-state index contributed by atoms with van der Waals surface area (Å²) < 4.78 is 26.8. The normalized spacial score (nSPS) is 11.0. The molecular weight excluding hydrogens is 246 g/mol. The summed E-state index contributed by atoms with van der Waals surface area (Å²) >= 11 is 0. The maximum atomic E-state index is 13.7. The first-order chi connectivity index (χ1) is 9.06. The third kappa shape index (κ3) is 3.58. The van der Waals surface area contributed by atoms with E-state index < -0.39 is 5.82 Å². The Morgan fingerprint density at radius 2 is 1.89 bits per heavy atom. The van der Waals surface area contributed by atoms with Gasteiger partial charge in [-0.2, -0.15) is 0 Å². The average molecular weight is 262 g/mol. The van der Waals surface area contributed by atoms with Crippen LogP contribution in [0.5, 0.6) is 0 Å². The second kappa shape index (κ2) is 5.89. The van der Waals surface area contributed by atoms with E-state index in [1.807, 2.05) is 13.8 Å². The molecule has 0 amide bonds. The van der Waals surface area contributed by atoms with Crippen LogP contribution in [-0.4, -0.2) is 11.0 Å². The van der Waals surface area contributed by atoms with Gasteiger partial charge < -0.3 is 5.32 Å². The van der Waals surface area contributed by atoms with Crippen molar-refractivity contribution in [3.8, 4) is 11.1 Å². The van der Waals surface area contributed by atoms with Gasteiger partial charge in [0.15, 0.2) is 0 Å². The van der Waals surface area contributed by atoms with E-state index >= 15 is 0 Å². The highest BCUT2D eigenvalue weighted by Crippen LogP contribution is 2.22. The molecule has 0 radical (unpaired) electrons. The Balaban J connectivity index is 2.30. The van der Waals surface area contributed by atoms with Gasteiger partial charge in [-0.25, -0.2) is 8.78 Å². The number of benzene rings is 1. The van der Waals surface area contributed by atoms with Crippen LogP contribution in [0.4, 0.5) is 8.78 Å². The molecule has 2 rings (SSSR count). The van der Waals surface area contributed by atoms with Crippen molar-refractivity contribution in [2.75, 3.05) is 0 Å². The lowest BCUT2D eigenvalue weighted by Crippen LogP contribution is -2.22. The van der Waals surface area contributed by atoms with Gasteiger partial charge in [0.25, 0.3) is 0 Å². The Kier molecular flexibility index (Phi) is 4.22. The van der Waals surface area contributed by atoms with Crippen molar-refractivity contribution in [2.45, 2.75) is 26.4 Å². The van der Waals surface area contributed by atoms with Gasteiger partial charge in [0, 0.05) is 29.9 Å². The van der Waals surface area contributed by atoms with E-state index in [4.69, 9.17) is 0 Å². The quantitative estimate of drug-likeness (QED) is 0.911. The van der Waals surface area contributed by atoms with Crippen LogP contribution in [0.1, 0.15) is 19.4 Å². The summed E-state index contributed by atoms with van der Waals surface area (Å²) in [5.41, 5.74) is 1.97.